The zero-order valence-electron chi connectivity index (χ0n) is 7.11. The van der Waals surface area contributed by atoms with Crippen molar-refractivity contribution >= 4 is 29.5 Å². The number of H-pyrrole nitrogens is 1. The van der Waals surface area contributed by atoms with E-state index in [1.165, 1.54) is 0 Å². The first-order valence-corrected chi connectivity index (χ1v) is 4.61. The largest absolute Gasteiger partial charge is 0.417 e. The molecule has 4 nitrogen and oxygen atoms in total. The fourth-order valence-electron chi connectivity index (χ4n) is 1.22. The highest BCUT2D eigenvalue weighted by atomic mass is 32.1. The third-order valence-electron chi connectivity index (χ3n) is 1.88. The maximum atomic E-state index is 11.3. The van der Waals surface area contributed by atoms with Crippen LogP contribution in [0.15, 0.2) is 27.4 Å². The van der Waals surface area contributed by atoms with Gasteiger partial charge < -0.3 is 4.42 Å². The second kappa shape index (κ2) is 3.34. The number of fused-ring (bicyclic) bond motifs is 1. The van der Waals surface area contributed by atoms with Crippen molar-refractivity contribution < 1.29 is 9.21 Å². The Hall–Kier alpha value is -1.49. The molecule has 1 aromatic heterocycles. The van der Waals surface area contributed by atoms with Gasteiger partial charge in [-0.05, 0) is 18.2 Å². The van der Waals surface area contributed by atoms with E-state index in [2.05, 4.69) is 17.6 Å². The van der Waals surface area contributed by atoms with E-state index in [4.69, 9.17) is 4.42 Å². The highest BCUT2D eigenvalue weighted by molar-refractivity contribution is 7.81. The highest BCUT2D eigenvalue weighted by Gasteiger charge is 2.06. The molecule has 0 spiro atoms. The Labute approximate surface area is 84.3 Å². The van der Waals surface area contributed by atoms with Crippen molar-refractivity contribution in [2.45, 2.75) is 0 Å². The van der Waals surface area contributed by atoms with Crippen LogP contribution < -0.4 is 5.76 Å². The number of Topliss-reactive ketones (excluding diaryl/α,β-unsaturated/α-hetero) is 1. The lowest BCUT2D eigenvalue weighted by atomic mass is 10.1. The van der Waals surface area contributed by atoms with Crippen molar-refractivity contribution in [2.24, 2.45) is 0 Å². The molecule has 0 unspecified atom stereocenters. The molecule has 0 bridgehead atoms. The molecule has 2 rings (SSSR count). The van der Waals surface area contributed by atoms with Gasteiger partial charge in [0.05, 0.1) is 11.3 Å². The van der Waals surface area contributed by atoms with Gasteiger partial charge in [-0.2, -0.15) is 12.6 Å². The van der Waals surface area contributed by atoms with E-state index in [1.54, 1.807) is 18.2 Å². The number of rotatable bonds is 2. The monoisotopic (exact) mass is 209 g/mol. The van der Waals surface area contributed by atoms with Crippen molar-refractivity contribution in [3.63, 3.8) is 0 Å². The average Bonchev–Trinajstić information content (AvgIpc) is 2.55. The van der Waals surface area contributed by atoms with E-state index in [-0.39, 0.29) is 11.5 Å². The number of hydrogen-bond acceptors (Lipinski definition) is 4. The molecule has 72 valence electrons. The number of aromatic nitrogens is 1. The van der Waals surface area contributed by atoms with Crippen LogP contribution in [0.2, 0.25) is 0 Å². The highest BCUT2D eigenvalue weighted by Crippen LogP contribution is 2.12. The SMILES string of the molecule is O=C(CS)c1ccc2oc(=O)[nH]c2c1. The zero-order chi connectivity index (χ0) is 10.1. The Kier molecular flexibility index (Phi) is 2.17. The van der Waals surface area contributed by atoms with E-state index in [0.29, 0.717) is 16.7 Å². The number of aromatic amines is 1. The average molecular weight is 209 g/mol. The third kappa shape index (κ3) is 1.46. The fraction of sp³-hybridized carbons (Fsp3) is 0.111. The van der Waals surface area contributed by atoms with Gasteiger partial charge in [0.15, 0.2) is 11.4 Å². The van der Waals surface area contributed by atoms with Gasteiger partial charge in [0, 0.05) is 5.56 Å². The van der Waals surface area contributed by atoms with Crippen LogP contribution in [-0.2, 0) is 0 Å². The number of oxazole rings is 1. The normalized spacial score (nSPS) is 10.6. The summed E-state index contributed by atoms with van der Waals surface area (Å²) in [4.78, 5) is 24.6. The second-order valence-electron chi connectivity index (χ2n) is 2.81. The molecule has 0 aliphatic carbocycles. The molecule has 0 fully saturated rings. The van der Waals surface area contributed by atoms with E-state index in [9.17, 15) is 9.59 Å². The predicted molar refractivity (Wildman–Crippen MR) is 55.0 cm³/mol. The summed E-state index contributed by atoms with van der Waals surface area (Å²) in [5.41, 5.74) is 1.50. The quantitative estimate of drug-likeness (QED) is 0.577. The molecule has 0 amide bonds. The summed E-state index contributed by atoms with van der Waals surface area (Å²) in [7, 11) is 0. The lowest BCUT2D eigenvalue weighted by molar-refractivity contribution is 0.102. The third-order valence-corrected chi connectivity index (χ3v) is 2.17. The molecule has 2 aromatic rings. The van der Waals surface area contributed by atoms with Gasteiger partial charge >= 0.3 is 5.76 Å². The molecule has 0 radical (unpaired) electrons. The minimum Gasteiger partial charge on any atom is -0.408 e. The van der Waals surface area contributed by atoms with Crippen molar-refractivity contribution in [3.05, 3.63) is 34.3 Å². The Morgan fingerprint density at radius 1 is 1.50 bits per heavy atom. The molecule has 0 atom stereocenters. The maximum Gasteiger partial charge on any atom is 0.417 e. The Morgan fingerprint density at radius 2 is 2.29 bits per heavy atom. The zero-order valence-corrected chi connectivity index (χ0v) is 8.01. The lowest BCUT2D eigenvalue weighted by Crippen LogP contribution is -1.99. The van der Waals surface area contributed by atoms with E-state index in [1.807, 2.05) is 0 Å². The van der Waals surface area contributed by atoms with Crippen LogP contribution in [0, 0.1) is 0 Å². The number of ketones is 1. The molecule has 0 saturated carbocycles. The molecule has 0 aliphatic rings. The Balaban J connectivity index is 2.61. The molecular formula is C9H7NO3S. The van der Waals surface area contributed by atoms with E-state index >= 15 is 0 Å². The summed E-state index contributed by atoms with van der Waals surface area (Å²) >= 11 is 3.88. The molecule has 1 heterocycles. The molecule has 0 aliphatic heterocycles. The molecule has 1 N–H and O–H groups in total. The smallest absolute Gasteiger partial charge is 0.408 e. The van der Waals surface area contributed by atoms with Crippen LogP contribution >= 0.6 is 12.6 Å². The summed E-state index contributed by atoms with van der Waals surface area (Å²) in [5, 5.41) is 0. The number of hydrogen-bond donors (Lipinski definition) is 2. The van der Waals surface area contributed by atoms with Crippen molar-refractivity contribution in [1.29, 1.82) is 0 Å². The second-order valence-corrected chi connectivity index (χ2v) is 3.12. The van der Waals surface area contributed by atoms with Gasteiger partial charge in [0.1, 0.15) is 0 Å². The van der Waals surface area contributed by atoms with Gasteiger partial charge in [-0.3, -0.25) is 9.78 Å². The number of nitrogens with one attached hydrogen (secondary N) is 1. The van der Waals surface area contributed by atoms with Crippen LogP contribution in [0.3, 0.4) is 0 Å². The topological polar surface area (TPSA) is 63.1 Å². The number of carbonyl (C=O) groups is 1. The summed E-state index contributed by atoms with van der Waals surface area (Å²) in [6, 6.07) is 4.78. The first-order valence-electron chi connectivity index (χ1n) is 3.97. The molecular weight excluding hydrogens is 202 g/mol. The lowest BCUT2D eigenvalue weighted by Gasteiger charge is -1.95. The first-order chi connectivity index (χ1) is 6.70. The summed E-state index contributed by atoms with van der Waals surface area (Å²) in [6.07, 6.45) is 0. The van der Waals surface area contributed by atoms with E-state index in [0.717, 1.165) is 0 Å². The molecule has 5 heteroatoms. The van der Waals surface area contributed by atoms with Gasteiger partial charge in [-0.25, -0.2) is 4.79 Å². The van der Waals surface area contributed by atoms with Crippen LogP contribution in [-0.4, -0.2) is 16.5 Å². The predicted octanol–water partition coefficient (Wildman–Crippen LogP) is 1.23. The number of benzene rings is 1. The van der Waals surface area contributed by atoms with Crippen LogP contribution in [0.4, 0.5) is 0 Å². The Morgan fingerprint density at radius 3 is 3.00 bits per heavy atom. The fourth-order valence-corrected chi connectivity index (χ4v) is 1.40. The molecule has 0 saturated heterocycles. The van der Waals surface area contributed by atoms with Crippen LogP contribution in [0.25, 0.3) is 11.1 Å². The minimum atomic E-state index is -0.518. The standard InChI is InChI=1S/C9H7NO3S/c11-7(4-14)5-1-2-8-6(3-5)10-9(12)13-8/h1-3,14H,4H2,(H,10,12). The minimum absolute atomic E-state index is 0.0858. The number of thiol groups is 1. The van der Waals surface area contributed by atoms with E-state index < -0.39 is 5.76 Å². The van der Waals surface area contributed by atoms with Gasteiger partial charge in [0.2, 0.25) is 0 Å². The van der Waals surface area contributed by atoms with Gasteiger partial charge in [-0.1, -0.05) is 0 Å². The van der Waals surface area contributed by atoms with Crippen LogP contribution in [0.5, 0.6) is 0 Å². The summed E-state index contributed by atoms with van der Waals surface area (Å²) in [6.45, 7) is 0. The molecule has 1 aromatic carbocycles. The van der Waals surface area contributed by atoms with Gasteiger partial charge in [0.25, 0.3) is 0 Å². The molecule has 14 heavy (non-hydrogen) atoms. The van der Waals surface area contributed by atoms with Crippen molar-refractivity contribution in [1.82, 2.24) is 4.98 Å². The van der Waals surface area contributed by atoms with Gasteiger partial charge in [-0.15, -0.1) is 0 Å². The summed E-state index contributed by atoms with van der Waals surface area (Å²) in [5.74, 6) is -0.458. The summed E-state index contributed by atoms with van der Waals surface area (Å²) < 4.78 is 4.79. The van der Waals surface area contributed by atoms with Crippen molar-refractivity contribution in [3.8, 4) is 0 Å². The maximum absolute atomic E-state index is 11.3. The van der Waals surface area contributed by atoms with Crippen molar-refractivity contribution in [2.75, 3.05) is 5.75 Å². The van der Waals surface area contributed by atoms with Crippen LogP contribution in [0.1, 0.15) is 10.4 Å². The first kappa shape index (κ1) is 9.08. The number of carbonyl (C=O) groups excluding carboxylic acids is 1. The Bertz CT molecular complexity index is 540.